The fraction of sp³-hybridized carbons (Fsp3) is 0.0820. The summed E-state index contributed by atoms with van der Waals surface area (Å²) in [6.07, 6.45) is 17.8. The Hall–Kier alpha value is -7.68. The molecule has 2 nitrogen and oxygen atoms in total. The molecule has 63 heavy (non-hydrogen) atoms. The van der Waals surface area contributed by atoms with Gasteiger partial charge in [0.05, 0.1) is 0 Å². The summed E-state index contributed by atoms with van der Waals surface area (Å²) >= 11 is 0. The number of aryl methyl sites for hydroxylation is 1. The van der Waals surface area contributed by atoms with Crippen LogP contribution in [-0.2, 0) is 6.42 Å². The van der Waals surface area contributed by atoms with Gasteiger partial charge in [-0.2, -0.15) is 0 Å². The molecule has 2 heterocycles. The van der Waals surface area contributed by atoms with E-state index in [9.17, 15) is 0 Å². The second kappa shape index (κ2) is 14.5. The summed E-state index contributed by atoms with van der Waals surface area (Å²) in [5.74, 6) is 1.08. The van der Waals surface area contributed by atoms with Crippen molar-refractivity contribution in [3.05, 3.63) is 235 Å². The van der Waals surface area contributed by atoms with E-state index >= 15 is 0 Å². The molecule has 0 saturated carbocycles. The van der Waals surface area contributed by atoms with Crippen molar-refractivity contribution in [2.75, 3.05) is 0 Å². The van der Waals surface area contributed by atoms with Crippen LogP contribution in [-0.4, -0.2) is 0 Å². The summed E-state index contributed by atoms with van der Waals surface area (Å²) in [5, 5.41) is 4.60. The number of hydrogen-bond acceptors (Lipinski definition) is 2. The number of hydrogen-bond donors (Lipinski definition) is 0. The van der Waals surface area contributed by atoms with Gasteiger partial charge in [0.15, 0.2) is 0 Å². The molecule has 0 spiro atoms. The largest absolute Gasteiger partial charge is 0.456 e. The number of fused-ring (bicyclic) bond motifs is 10. The Morgan fingerprint density at radius 1 is 0.381 bits per heavy atom. The number of furan rings is 2. The van der Waals surface area contributed by atoms with Crippen LogP contribution in [0.25, 0.3) is 94.0 Å². The number of rotatable bonds is 7. The lowest BCUT2D eigenvalue weighted by Gasteiger charge is -2.23. The standard InChI is InChI=1S/C61H42O2/c1-2-10-43-35-44(29-28-39(43)9-1)42-26-24-41(25-27-42)40-22-19-38(20-23-40)21-32-55-60-47(45-30-33-51-49-11-3-5-17-56(49)62-58(51)36-45)13-7-15-53(60)54-16-8-14-48(61(54)55)46-31-34-52-50-12-4-6-18-57(50)63-59(52)37-46/h1-20,22-31,33-37,39,43,55H,21,32H2. The highest BCUT2D eigenvalue weighted by Gasteiger charge is 2.34. The Morgan fingerprint density at radius 2 is 0.873 bits per heavy atom. The molecule has 0 amide bonds. The quantitative estimate of drug-likeness (QED) is 0.160. The summed E-state index contributed by atoms with van der Waals surface area (Å²) in [6.45, 7) is 0. The van der Waals surface area contributed by atoms with E-state index in [4.69, 9.17) is 8.83 Å². The maximum atomic E-state index is 6.44. The van der Waals surface area contributed by atoms with Gasteiger partial charge in [-0.05, 0) is 122 Å². The van der Waals surface area contributed by atoms with Gasteiger partial charge in [-0.1, -0.05) is 176 Å². The first kappa shape index (κ1) is 36.0. The first-order valence-corrected chi connectivity index (χ1v) is 22.2. The fourth-order valence-corrected chi connectivity index (χ4v) is 10.8. The molecular weight excluding hydrogens is 765 g/mol. The minimum Gasteiger partial charge on any atom is -0.456 e. The van der Waals surface area contributed by atoms with Crippen molar-refractivity contribution >= 4 is 49.5 Å². The van der Waals surface area contributed by atoms with Gasteiger partial charge in [0.25, 0.3) is 0 Å². The molecule has 2 aromatic heterocycles. The van der Waals surface area contributed by atoms with Crippen molar-refractivity contribution in [3.63, 3.8) is 0 Å². The molecule has 0 aliphatic heterocycles. The zero-order valence-electron chi connectivity index (χ0n) is 34.7. The molecule has 2 unspecified atom stereocenters. The van der Waals surface area contributed by atoms with E-state index in [0.29, 0.717) is 11.8 Å². The van der Waals surface area contributed by atoms with E-state index in [1.807, 2.05) is 12.1 Å². The van der Waals surface area contributed by atoms with Crippen LogP contribution in [0.4, 0.5) is 0 Å². The molecule has 10 aromatic rings. The van der Waals surface area contributed by atoms with Gasteiger partial charge in [0, 0.05) is 39.3 Å². The van der Waals surface area contributed by atoms with Crippen LogP contribution in [0.2, 0.25) is 0 Å². The van der Waals surface area contributed by atoms with Crippen molar-refractivity contribution in [2.24, 2.45) is 11.8 Å². The van der Waals surface area contributed by atoms with E-state index in [1.54, 1.807) is 0 Å². The van der Waals surface area contributed by atoms with Gasteiger partial charge >= 0.3 is 0 Å². The summed E-state index contributed by atoms with van der Waals surface area (Å²) in [5.41, 5.74) is 20.4. The van der Waals surface area contributed by atoms with E-state index in [1.165, 1.54) is 72.3 Å². The van der Waals surface area contributed by atoms with Gasteiger partial charge in [-0.15, -0.1) is 0 Å². The Morgan fingerprint density at radius 3 is 1.48 bits per heavy atom. The fourth-order valence-electron chi connectivity index (χ4n) is 10.8. The third kappa shape index (κ3) is 6.01. The van der Waals surface area contributed by atoms with Crippen molar-refractivity contribution in [1.29, 1.82) is 0 Å². The van der Waals surface area contributed by atoms with Crippen molar-refractivity contribution in [2.45, 2.75) is 18.8 Å². The molecular formula is C61H42O2. The van der Waals surface area contributed by atoms with Gasteiger partial charge in [0.1, 0.15) is 22.3 Å². The molecule has 298 valence electrons. The second-order valence-corrected chi connectivity index (χ2v) is 17.4. The average Bonchev–Trinajstić information content (AvgIpc) is 4.02. The van der Waals surface area contributed by atoms with Crippen molar-refractivity contribution in [3.8, 4) is 44.5 Å². The van der Waals surface area contributed by atoms with Crippen LogP contribution >= 0.6 is 0 Å². The van der Waals surface area contributed by atoms with Crippen molar-refractivity contribution in [1.82, 2.24) is 0 Å². The Bertz CT molecular complexity index is 3400. The summed E-state index contributed by atoms with van der Waals surface area (Å²) in [7, 11) is 0. The highest BCUT2D eigenvalue weighted by molar-refractivity contribution is 6.07. The zero-order chi connectivity index (χ0) is 41.4. The van der Waals surface area contributed by atoms with Crippen LogP contribution in [0.1, 0.15) is 34.6 Å². The van der Waals surface area contributed by atoms with Crippen LogP contribution in [0.15, 0.2) is 221 Å². The van der Waals surface area contributed by atoms with Crippen LogP contribution in [0.5, 0.6) is 0 Å². The van der Waals surface area contributed by atoms with Crippen LogP contribution < -0.4 is 0 Å². The molecule has 2 atom stereocenters. The first-order valence-electron chi connectivity index (χ1n) is 22.2. The lowest BCUT2D eigenvalue weighted by atomic mass is 9.81. The molecule has 0 N–H and O–H groups in total. The summed E-state index contributed by atoms with van der Waals surface area (Å²) in [4.78, 5) is 0. The third-order valence-electron chi connectivity index (χ3n) is 13.9. The molecule has 0 saturated heterocycles. The highest BCUT2D eigenvalue weighted by atomic mass is 16.3. The topological polar surface area (TPSA) is 26.3 Å². The van der Waals surface area contributed by atoms with E-state index in [-0.39, 0.29) is 5.92 Å². The van der Waals surface area contributed by atoms with E-state index in [0.717, 1.165) is 56.7 Å². The minimum absolute atomic E-state index is 0.172. The van der Waals surface area contributed by atoms with Gasteiger partial charge in [-0.25, -0.2) is 0 Å². The smallest absolute Gasteiger partial charge is 0.136 e. The number of benzene rings is 8. The van der Waals surface area contributed by atoms with E-state index in [2.05, 4.69) is 200 Å². The molecule has 0 radical (unpaired) electrons. The van der Waals surface area contributed by atoms with Crippen LogP contribution in [0, 0.1) is 11.8 Å². The Kier molecular flexibility index (Phi) is 8.27. The molecule has 2 heteroatoms. The average molecular weight is 807 g/mol. The predicted molar refractivity (Wildman–Crippen MR) is 262 cm³/mol. The van der Waals surface area contributed by atoms with Gasteiger partial charge in [-0.3, -0.25) is 0 Å². The Labute approximate surface area is 366 Å². The van der Waals surface area contributed by atoms with Gasteiger partial charge in [0.2, 0.25) is 0 Å². The minimum atomic E-state index is 0.172. The second-order valence-electron chi connectivity index (χ2n) is 17.4. The van der Waals surface area contributed by atoms with Crippen LogP contribution in [0.3, 0.4) is 0 Å². The molecule has 0 bridgehead atoms. The Balaban J connectivity index is 0.858. The SMILES string of the molecule is C1=CC2C=CC(c3ccc(-c4ccc(CCC5c6c(-c7ccc8c(c7)oc7ccccc78)cccc6-c6cccc(-c7ccc8c(c7)oc7ccccc78)c65)cc4)cc3)=CC2C=C1. The molecule has 0 fully saturated rings. The zero-order valence-corrected chi connectivity index (χ0v) is 34.7. The molecule has 13 rings (SSSR count). The van der Waals surface area contributed by atoms with Gasteiger partial charge < -0.3 is 8.83 Å². The highest BCUT2D eigenvalue weighted by Crippen LogP contribution is 2.54. The number of para-hydroxylation sites is 2. The molecule has 3 aliphatic rings. The summed E-state index contributed by atoms with van der Waals surface area (Å²) < 4.78 is 12.9. The predicted octanol–water partition coefficient (Wildman–Crippen LogP) is 16.5. The first-order chi connectivity index (χ1) is 31.2. The lowest BCUT2D eigenvalue weighted by Crippen LogP contribution is -2.11. The third-order valence-corrected chi connectivity index (χ3v) is 13.9. The monoisotopic (exact) mass is 806 g/mol. The maximum Gasteiger partial charge on any atom is 0.136 e. The maximum absolute atomic E-state index is 6.44. The molecule has 3 aliphatic carbocycles. The molecule has 8 aromatic carbocycles. The lowest BCUT2D eigenvalue weighted by molar-refractivity contribution is 0.663. The normalized spacial score (nSPS) is 16.5. The van der Waals surface area contributed by atoms with E-state index < -0.39 is 0 Å². The number of allylic oxidation sites excluding steroid dienone is 8. The van der Waals surface area contributed by atoms with Crippen molar-refractivity contribution < 1.29 is 8.83 Å². The summed E-state index contributed by atoms with van der Waals surface area (Å²) in [6, 6.07) is 62.2.